The Morgan fingerprint density at radius 2 is 1.73 bits per heavy atom. The van der Waals surface area contributed by atoms with Crippen molar-refractivity contribution in [3.05, 3.63) is 35.6 Å². The summed E-state index contributed by atoms with van der Waals surface area (Å²) in [5, 5.41) is 13.4. The summed E-state index contributed by atoms with van der Waals surface area (Å²) in [6.45, 7) is 6.17. The number of carboxylic acids is 1. The maximum absolute atomic E-state index is 12.8. The van der Waals surface area contributed by atoms with Crippen LogP contribution in [-0.4, -0.2) is 17.0 Å². The average molecular weight is 357 g/mol. The van der Waals surface area contributed by atoms with Crippen molar-refractivity contribution >= 4 is 22.8 Å². The van der Waals surface area contributed by atoms with E-state index in [1.165, 1.54) is 0 Å². The first-order valence-electron chi connectivity index (χ1n) is 9.39. The molecule has 1 atom stereocenters. The molecule has 26 heavy (non-hydrogen) atoms. The lowest BCUT2D eigenvalue weighted by molar-refractivity contribution is -0.144. The first-order chi connectivity index (χ1) is 12.4. The molecule has 5 heteroatoms. The zero-order valence-corrected chi connectivity index (χ0v) is 15.6. The minimum absolute atomic E-state index is 0.00685. The van der Waals surface area contributed by atoms with Gasteiger partial charge in [-0.3, -0.25) is 9.59 Å². The van der Waals surface area contributed by atoms with Crippen LogP contribution in [0.3, 0.4) is 0 Å². The van der Waals surface area contributed by atoms with Crippen molar-refractivity contribution in [3.63, 3.8) is 0 Å². The van der Waals surface area contributed by atoms with E-state index in [9.17, 15) is 9.59 Å². The van der Waals surface area contributed by atoms with Gasteiger partial charge in [0.2, 0.25) is 5.91 Å². The minimum atomic E-state index is -0.748. The molecule has 3 rings (SSSR count). The van der Waals surface area contributed by atoms with Crippen molar-refractivity contribution in [1.29, 1.82) is 0 Å². The van der Waals surface area contributed by atoms with E-state index in [4.69, 9.17) is 9.52 Å². The number of aliphatic carboxylic acids is 1. The molecule has 5 nitrogen and oxygen atoms in total. The topological polar surface area (TPSA) is 79.5 Å². The highest BCUT2D eigenvalue weighted by molar-refractivity contribution is 5.83. The smallest absolute Gasteiger partial charge is 0.306 e. The first kappa shape index (κ1) is 18.5. The van der Waals surface area contributed by atoms with Crippen LogP contribution < -0.4 is 5.32 Å². The van der Waals surface area contributed by atoms with E-state index in [-0.39, 0.29) is 29.7 Å². The Morgan fingerprint density at radius 3 is 2.31 bits per heavy atom. The van der Waals surface area contributed by atoms with Crippen LogP contribution in [0.2, 0.25) is 0 Å². The molecule has 2 N–H and O–H groups in total. The van der Waals surface area contributed by atoms with Gasteiger partial charge in [-0.25, -0.2) is 0 Å². The monoisotopic (exact) mass is 357 g/mol. The minimum Gasteiger partial charge on any atom is -0.481 e. The van der Waals surface area contributed by atoms with E-state index < -0.39 is 5.97 Å². The van der Waals surface area contributed by atoms with E-state index in [0.717, 1.165) is 22.3 Å². The molecule has 1 heterocycles. The Balaban J connectivity index is 1.75. The molecule has 0 spiro atoms. The second-order valence-electron chi connectivity index (χ2n) is 7.70. The predicted octanol–water partition coefficient (Wildman–Crippen LogP) is 4.45. The summed E-state index contributed by atoms with van der Waals surface area (Å²) in [5.74, 6) is -0.161. The van der Waals surface area contributed by atoms with E-state index >= 15 is 0 Å². The second kappa shape index (κ2) is 7.52. The fraction of sp³-hybridized carbons (Fsp3) is 0.524. The van der Waals surface area contributed by atoms with Gasteiger partial charge >= 0.3 is 5.97 Å². The highest BCUT2D eigenvalue weighted by Gasteiger charge is 2.32. The van der Waals surface area contributed by atoms with Crippen molar-refractivity contribution in [1.82, 2.24) is 5.32 Å². The highest BCUT2D eigenvalue weighted by atomic mass is 16.4. The number of fused-ring (bicyclic) bond motifs is 1. The number of para-hydroxylation sites is 1. The number of hydrogen-bond donors (Lipinski definition) is 2. The molecule has 2 aromatic rings. The molecule has 0 aliphatic heterocycles. The van der Waals surface area contributed by atoms with Crippen LogP contribution >= 0.6 is 0 Å². The molecular formula is C21H27NO4. The molecule has 1 amide bonds. The van der Waals surface area contributed by atoms with Crippen LogP contribution in [0.5, 0.6) is 0 Å². The Kier molecular flexibility index (Phi) is 5.35. The van der Waals surface area contributed by atoms with Crippen molar-refractivity contribution in [2.45, 2.75) is 52.5 Å². The summed E-state index contributed by atoms with van der Waals surface area (Å²) in [7, 11) is 0. The molecule has 140 valence electrons. The third-order valence-corrected chi connectivity index (χ3v) is 5.57. The summed E-state index contributed by atoms with van der Waals surface area (Å²) in [4.78, 5) is 23.9. The zero-order chi connectivity index (χ0) is 18.8. The van der Waals surface area contributed by atoms with Gasteiger partial charge in [-0.2, -0.15) is 0 Å². The lowest BCUT2D eigenvalue weighted by Crippen LogP contribution is -2.38. The molecule has 0 bridgehead atoms. The number of nitrogens with one attached hydrogen (secondary N) is 1. The van der Waals surface area contributed by atoms with Crippen LogP contribution in [0.4, 0.5) is 0 Å². The Bertz CT molecular complexity index is 799. The molecule has 0 radical (unpaired) electrons. The largest absolute Gasteiger partial charge is 0.481 e. The quantitative estimate of drug-likeness (QED) is 0.829. The fourth-order valence-corrected chi connectivity index (χ4v) is 3.90. The molecule has 1 aromatic carbocycles. The fourth-order valence-electron chi connectivity index (χ4n) is 3.90. The number of amides is 1. The van der Waals surface area contributed by atoms with Gasteiger partial charge in [0.15, 0.2) is 0 Å². The number of carbonyl (C=O) groups excluding carboxylic acids is 1. The van der Waals surface area contributed by atoms with E-state index in [1.807, 2.05) is 31.2 Å². The molecule has 1 aliphatic rings. The number of aryl methyl sites for hydroxylation is 1. The van der Waals surface area contributed by atoms with Crippen LogP contribution in [0, 0.1) is 24.7 Å². The van der Waals surface area contributed by atoms with Gasteiger partial charge in [0.05, 0.1) is 12.0 Å². The van der Waals surface area contributed by atoms with E-state index in [0.29, 0.717) is 25.7 Å². The normalized spacial score (nSPS) is 21.7. The van der Waals surface area contributed by atoms with Crippen molar-refractivity contribution < 1.29 is 19.1 Å². The van der Waals surface area contributed by atoms with Gasteiger partial charge in [0, 0.05) is 16.9 Å². The molecule has 0 saturated heterocycles. The summed E-state index contributed by atoms with van der Waals surface area (Å²) in [5.41, 5.74) is 1.90. The number of hydrogen-bond acceptors (Lipinski definition) is 3. The summed E-state index contributed by atoms with van der Waals surface area (Å²) in [6.07, 6.45) is 2.41. The van der Waals surface area contributed by atoms with Crippen molar-refractivity contribution in [2.75, 3.05) is 0 Å². The lowest BCUT2D eigenvalue weighted by atomic mass is 9.81. The second-order valence-corrected chi connectivity index (χ2v) is 7.70. The number of carboxylic acid groups (broad SMARTS) is 1. The molecule has 1 aromatic heterocycles. The van der Waals surface area contributed by atoms with Gasteiger partial charge in [0.25, 0.3) is 0 Å². The third kappa shape index (κ3) is 3.62. The van der Waals surface area contributed by atoms with Gasteiger partial charge in [0.1, 0.15) is 11.3 Å². The zero-order valence-electron chi connectivity index (χ0n) is 15.6. The van der Waals surface area contributed by atoms with Crippen molar-refractivity contribution in [2.24, 2.45) is 17.8 Å². The van der Waals surface area contributed by atoms with Gasteiger partial charge in [-0.1, -0.05) is 32.0 Å². The Hall–Kier alpha value is -2.30. The number of furan rings is 1. The van der Waals surface area contributed by atoms with Crippen LogP contribution in [0.25, 0.3) is 11.0 Å². The number of carbonyl (C=O) groups is 2. The predicted molar refractivity (Wildman–Crippen MR) is 99.8 cm³/mol. The molecule has 1 saturated carbocycles. The summed E-state index contributed by atoms with van der Waals surface area (Å²) >= 11 is 0. The lowest BCUT2D eigenvalue weighted by Gasteiger charge is -2.28. The molecule has 1 unspecified atom stereocenters. The maximum atomic E-state index is 12.8. The SMILES string of the molecule is Cc1c(C(NC(=O)C2CCC(C(=O)O)CC2)C(C)C)oc2ccccc12. The van der Waals surface area contributed by atoms with Crippen LogP contribution in [0.15, 0.2) is 28.7 Å². The van der Waals surface area contributed by atoms with Crippen LogP contribution in [-0.2, 0) is 9.59 Å². The third-order valence-electron chi connectivity index (χ3n) is 5.57. The standard InChI is InChI=1S/C21H27NO4/c1-12(2)18(19-13(3)16-6-4-5-7-17(16)26-19)22-20(23)14-8-10-15(11-9-14)21(24)25/h4-7,12,14-15,18H,8-11H2,1-3H3,(H,22,23)(H,24,25). The Morgan fingerprint density at radius 1 is 1.12 bits per heavy atom. The van der Waals surface area contributed by atoms with Gasteiger partial charge < -0.3 is 14.8 Å². The number of benzene rings is 1. The van der Waals surface area contributed by atoms with Gasteiger partial charge in [-0.15, -0.1) is 0 Å². The Labute approximate surface area is 153 Å². The first-order valence-corrected chi connectivity index (χ1v) is 9.39. The van der Waals surface area contributed by atoms with E-state index in [2.05, 4.69) is 19.2 Å². The highest BCUT2D eigenvalue weighted by Crippen LogP contribution is 2.34. The van der Waals surface area contributed by atoms with E-state index in [1.54, 1.807) is 0 Å². The number of rotatable bonds is 5. The molecule has 1 fully saturated rings. The maximum Gasteiger partial charge on any atom is 0.306 e. The average Bonchev–Trinajstić information content (AvgIpc) is 2.96. The summed E-state index contributed by atoms with van der Waals surface area (Å²) in [6, 6.07) is 7.71. The van der Waals surface area contributed by atoms with Crippen molar-refractivity contribution in [3.8, 4) is 0 Å². The molecule has 1 aliphatic carbocycles. The molecular weight excluding hydrogens is 330 g/mol. The van der Waals surface area contributed by atoms with Crippen LogP contribution in [0.1, 0.15) is 56.9 Å². The summed E-state index contributed by atoms with van der Waals surface area (Å²) < 4.78 is 6.07. The van der Waals surface area contributed by atoms with Gasteiger partial charge in [-0.05, 0) is 44.6 Å².